The van der Waals surface area contributed by atoms with Crippen LogP contribution >= 0.6 is 22.9 Å². The summed E-state index contributed by atoms with van der Waals surface area (Å²) in [5.41, 5.74) is 5.65. The molecule has 0 aliphatic carbocycles. The third-order valence-corrected chi connectivity index (χ3v) is 3.68. The van der Waals surface area contributed by atoms with Gasteiger partial charge in [-0.2, -0.15) is 4.37 Å². The highest BCUT2D eigenvalue weighted by Gasteiger charge is 2.11. The molecule has 0 bridgehead atoms. The van der Waals surface area contributed by atoms with Crippen LogP contribution in [0.5, 0.6) is 5.75 Å². The molecule has 3 N–H and O–H groups in total. The predicted molar refractivity (Wildman–Crippen MR) is 67.3 cm³/mol. The molecule has 0 saturated carbocycles. The summed E-state index contributed by atoms with van der Waals surface area (Å²) >= 11 is 2.97. The molecule has 2 rings (SSSR count). The van der Waals surface area contributed by atoms with E-state index in [9.17, 15) is 0 Å². The van der Waals surface area contributed by atoms with Crippen molar-refractivity contribution >= 4 is 33.7 Å². The van der Waals surface area contributed by atoms with Crippen LogP contribution in [0.4, 0.5) is 10.8 Å². The number of aryl methyl sites for hydroxylation is 1. The highest BCUT2D eigenvalue weighted by atomic mass is 32.1. The van der Waals surface area contributed by atoms with Gasteiger partial charge in [0.05, 0.1) is 18.7 Å². The minimum Gasteiger partial charge on any atom is -0.490 e. The van der Waals surface area contributed by atoms with Crippen molar-refractivity contribution in [2.75, 3.05) is 18.2 Å². The first-order valence-corrected chi connectivity index (χ1v) is 6.24. The van der Waals surface area contributed by atoms with Gasteiger partial charge in [-0.15, -0.1) is 11.3 Å². The van der Waals surface area contributed by atoms with Gasteiger partial charge in [0.15, 0.2) is 16.6 Å². The Morgan fingerprint density at radius 2 is 2.38 bits per heavy atom. The molecule has 0 radical (unpaired) electrons. The lowest BCUT2D eigenvalue weighted by atomic mass is 10.5. The number of thiazole rings is 1. The number of nitrogens with two attached hydrogens (primary N) is 1. The Bertz CT molecular complexity index is 480. The van der Waals surface area contributed by atoms with Crippen LogP contribution in [0.25, 0.3) is 0 Å². The van der Waals surface area contributed by atoms with Gasteiger partial charge in [0, 0.05) is 11.1 Å². The quantitative estimate of drug-likeness (QED) is 0.876. The number of ether oxygens (including phenoxy) is 1. The van der Waals surface area contributed by atoms with E-state index in [1.807, 2.05) is 13.1 Å². The number of nitrogens with one attached hydrogen (secondary N) is 1. The maximum Gasteiger partial charge on any atom is 0.197 e. The molecule has 5 nitrogen and oxygen atoms in total. The number of anilines is 2. The Labute approximate surface area is 101 Å². The van der Waals surface area contributed by atoms with Gasteiger partial charge in [-0.1, -0.05) is 0 Å². The van der Waals surface area contributed by atoms with Gasteiger partial charge < -0.3 is 15.8 Å². The average molecular weight is 256 g/mol. The molecule has 2 aromatic heterocycles. The van der Waals surface area contributed by atoms with Crippen LogP contribution in [0.1, 0.15) is 9.88 Å². The zero-order valence-electron chi connectivity index (χ0n) is 8.98. The van der Waals surface area contributed by atoms with Crippen LogP contribution in [0.2, 0.25) is 0 Å². The Kier molecular flexibility index (Phi) is 3.25. The Balaban J connectivity index is 2.04. The zero-order valence-corrected chi connectivity index (χ0v) is 10.6. The van der Waals surface area contributed by atoms with E-state index in [4.69, 9.17) is 10.5 Å². The smallest absolute Gasteiger partial charge is 0.197 e. The largest absolute Gasteiger partial charge is 0.490 e. The summed E-state index contributed by atoms with van der Waals surface area (Å²) in [6.07, 6.45) is 1.86. The van der Waals surface area contributed by atoms with E-state index < -0.39 is 0 Å². The fraction of sp³-hybridized carbons (Fsp3) is 0.333. The minimum absolute atomic E-state index is 0.426. The van der Waals surface area contributed by atoms with Gasteiger partial charge in [-0.05, 0) is 18.5 Å². The number of nitrogen functional groups attached to an aromatic ring is 1. The second kappa shape index (κ2) is 4.67. The van der Waals surface area contributed by atoms with Crippen LogP contribution in [0.15, 0.2) is 6.20 Å². The normalized spacial score (nSPS) is 10.4. The summed E-state index contributed by atoms with van der Waals surface area (Å²) in [7, 11) is 1.59. The van der Waals surface area contributed by atoms with E-state index >= 15 is 0 Å². The number of nitrogens with zero attached hydrogens (tertiary/aromatic N) is 2. The van der Waals surface area contributed by atoms with E-state index in [1.165, 1.54) is 16.4 Å². The second-order valence-corrected chi connectivity index (χ2v) is 5.22. The lowest BCUT2D eigenvalue weighted by molar-refractivity contribution is 0.419. The topological polar surface area (TPSA) is 73.1 Å². The second-order valence-electron chi connectivity index (χ2n) is 3.13. The highest BCUT2D eigenvalue weighted by Crippen LogP contribution is 2.35. The van der Waals surface area contributed by atoms with Gasteiger partial charge in [-0.3, -0.25) is 0 Å². The van der Waals surface area contributed by atoms with Gasteiger partial charge in [-0.25, -0.2) is 4.98 Å². The summed E-state index contributed by atoms with van der Waals surface area (Å²) in [6.45, 7) is 2.70. The first-order valence-electron chi connectivity index (χ1n) is 4.65. The number of methoxy groups -OCH3 is 1. The van der Waals surface area contributed by atoms with E-state index in [1.54, 1.807) is 18.4 Å². The molecule has 2 heterocycles. The van der Waals surface area contributed by atoms with Gasteiger partial charge >= 0.3 is 0 Å². The van der Waals surface area contributed by atoms with Crippen LogP contribution in [-0.4, -0.2) is 16.5 Å². The lowest BCUT2D eigenvalue weighted by Crippen LogP contribution is -1.98. The molecule has 0 spiro atoms. The molecule has 7 heteroatoms. The molecular weight excluding hydrogens is 244 g/mol. The summed E-state index contributed by atoms with van der Waals surface area (Å²) in [5, 5.41) is 5.15. The third-order valence-electron chi connectivity index (χ3n) is 1.97. The lowest BCUT2D eigenvalue weighted by Gasteiger charge is -2.03. The molecule has 0 amide bonds. The molecule has 0 unspecified atom stereocenters. The zero-order chi connectivity index (χ0) is 11.5. The molecule has 0 aliphatic heterocycles. The van der Waals surface area contributed by atoms with Gasteiger partial charge in [0.25, 0.3) is 0 Å². The van der Waals surface area contributed by atoms with Crippen molar-refractivity contribution in [2.45, 2.75) is 13.5 Å². The summed E-state index contributed by atoms with van der Waals surface area (Å²) in [5.74, 6) is 1.04. The highest BCUT2D eigenvalue weighted by molar-refractivity contribution is 7.12. The van der Waals surface area contributed by atoms with Crippen LogP contribution in [-0.2, 0) is 6.54 Å². The fourth-order valence-electron chi connectivity index (χ4n) is 1.26. The van der Waals surface area contributed by atoms with E-state index in [0.717, 1.165) is 10.0 Å². The van der Waals surface area contributed by atoms with E-state index in [2.05, 4.69) is 14.7 Å². The van der Waals surface area contributed by atoms with Crippen molar-refractivity contribution in [1.82, 2.24) is 9.36 Å². The maximum absolute atomic E-state index is 5.65. The Morgan fingerprint density at radius 1 is 1.56 bits per heavy atom. The number of rotatable bonds is 4. The summed E-state index contributed by atoms with van der Waals surface area (Å²) in [4.78, 5) is 5.36. The summed E-state index contributed by atoms with van der Waals surface area (Å²) < 4.78 is 9.18. The molecule has 0 atom stereocenters. The standard InChI is InChI=1S/C9H12N4OS2/c1-5-11-3-6(15-5)4-12-9-7(14-2)8(10)13-16-9/h3,12H,4H2,1-2H3,(H2,10,13). The van der Waals surface area contributed by atoms with Crippen molar-refractivity contribution in [3.05, 3.63) is 16.1 Å². The monoisotopic (exact) mass is 256 g/mol. The van der Waals surface area contributed by atoms with Crippen molar-refractivity contribution in [3.8, 4) is 5.75 Å². The minimum atomic E-state index is 0.426. The molecule has 86 valence electrons. The van der Waals surface area contributed by atoms with Crippen LogP contribution in [0.3, 0.4) is 0 Å². The van der Waals surface area contributed by atoms with E-state index in [0.29, 0.717) is 18.1 Å². The average Bonchev–Trinajstić information content (AvgIpc) is 2.82. The molecule has 0 aromatic carbocycles. The molecule has 2 aromatic rings. The molecule has 0 fully saturated rings. The summed E-state index contributed by atoms with van der Waals surface area (Å²) in [6, 6.07) is 0. The van der Waals surface area contributed by atoms with Crippen molar-refractivity contribution in [1.29, 1.82) is 0 Å². The van der Waals surface area contributed by atoms with Crippen molar-refractivity contribution < 1.29 is 4.74 Å². The number of hydrogen-bond acceptors (Lipinski definition) is 7. The van der Waals surface area contributed by atoms with E-state index in [-0.39, 0.29) is 0 Å². The third kappa shape index (κ3) is 2.25. The SMILES string of the molecule is COc1c(N)nsc1NCc1cnc(C)s1. The van der Waals surface area contributed by atoms with Gasteiger partial charge in [0.1, 0.15) is 0 Å². The van der Waals surface area contributed by atoms with Gasteiger partial charge in [0.2, 0.25) is 0 Å². The first kappa shape index (κ1) is 11.2. The molecule has 16 heavy (non-hydrogen) atoms. The predicted octanol–water partition coefficient (Wildman–Crippen LogP) is 2.11. The Morgan fingerprint density at radius 3 is 3.00 bits per heavy atom. The Hall–Kier alpha value is -1.34. The van der Waals surface area contributed by atoms with Crippen molar-refractivity contribution in [2.24, 2.45) is 0 Å². The van der Waals surface area contributed by atoms with Crippen LogP contribution < -0.4 is 15.8 Å². The van der Waals surface area contributed by atoms with Crippen LogP contribution in [0, 0.1) is 6.92 Å². The van der Waals surface area contributed by atoms with Crippen molar-refractivity contribution in [3.63, 3.8) is 0 Å². The molecule has 0 aliphatic rings. The number of hydrogen-bond donors (Lipinski definition) is 2. The fourth-order valence-corrected chi connectivity index (χ4v) is 2.67. The molecule has 0 saturated heterocycles. The first-order chi connectivity index (χ1) is 7.70. The number of aromatic nitrogens is 2. The molecular formula is C9H12N4OS2. The maximum atomic E-state index is 5.65.